The van der Waals surface area contributed by atoms with E-state index < -0.39 is 23.7 Å². The second-order valence-electron chi connectivity index (χ2n) is 9.00. The van der Waals surface area contributed by atoms with Gasteiger partial charge in [0, 0.05) is 54.1 Å². The van der Waals surface area contributed by atoms with Gasteiger partial charge in [-0.15, -0.1) is 0 Å². The van der Waals surface area contributed by atoms with Gasteiger partial charge in [0.05, 0.1) is 11.1 Å². The number of nitrogens with zero attached hydrogens (tertiary/aromatic N) is 4. The summed E-state index contributed by atoms with van der Waals surface area (Å²) in [5.74, 6) is -0.882. The predicted molar refractivity (Wildman–Crippen MR) is 129 cm³/mol. The van der Waals surface area contributed by atoms with Crippen molar-refractivity contribution in [2.75, 3.05) is 19.6 Å². The SMILES string of the molecule is CCN1C[C@H](NC(=O)c2cnc3[nH]nc(-c4ccnc(C)c4)c3c2)[C@@H](c2ccccc2C(F)(F)F)C1. The molecule has 0 aliphatic carbocycles. The zero-order valence-corrected chi connectivity index (χ0v) is 19.8. The number of aryl methyl sites for hydroxylation is 1. The standard InChI is InChI=1S/C26H25F3N6O/c1-3-35-13-20(18-6-4-5-7-21(18)26(27,28)29)22(14-35)32-25(36)17-11-19-23(33-34-24(19)31-12-17)16-8-9-30-15(2)10-16/h4-12,20,22H,3,13-14H2,1-2H3,(H,32,36)(H,31,33,34)/t20-,22+/m1/s1. The van der Waals surface area contributed by atoms with E-state index in [4.69, 9.17) is 0 Å². The Bertz CT molecular complexity index is 1420. The Morgan fingerprint density at radius 3 is 2.72 bits per heavy atom. The maximum Gasteiger partial charge on any atom is 0.416 e. The van der Waals surface area contributed by atoms with Crippen LogP contribution in [-0.2, 0) is 6.18 Å². The van der Waals surface area contributed by atoms with Gasteiger partial charge in [-0.25, -0.2) is 4.98 Å². The molecule has 1 aromatic carbocycles. The fourth-order valence-corrected chi connectivity index (χ4v) is 4.88. The summed E-state index contributed by atoms with van der Waals surface area (Å²) in [4.78, 5) is 23.9. The number of H-pyrrole nitrogens is 1. The molecule has 1 aliphatic rings. The Hall–Kier alpha value is -3.79. The lowest BCUT2D eigenvalue weighted by molar-refractivity contribution is -0.138. The third kappa shape index (κ3) is 4.56. The molecule has 3 aromatic heterocycles. The number of hydrogen-bond donors (Lipinski definition) is 2. The lowest BCUT2D eigenvalue weighted by Crippen LogP contribution is -2.40. The molecule has 0 radical (unpaired) electrons. The van der Waals surface area contributed by atoms with E-state index in [2.05, 4.69) is 25.5 Å². The first-order valence-electron chi connectivity index (χ1n) is 11.7. The monoisotopic (exact) mass is 494 g/mol. The number of alkyl halides is 3. The van der Waals surface area contributed by atoms with Crippen LogP contribution in [0.4, 0.5) is 13.2 Å². The van der Waals surface area contributed by atoms with Crippen LogP contribution in [0.2, 0.25) is 0 Å². The van der Waals surface area contributed by atoms with Crippen LogP contribution in [0.5, 0.6) is 0 Å². The zero-order valence-electron chi connectivity index (χ0n) is 19.8. The van der Waals surface area contributed by atoms with Crippen LogP contribution in [0.25, 0.3) is 22.3 Å². The van der Waals surface area contributed by atoms with E-state index >= 15 is 0 Å². The third-order valence-corrected chi connectivity index (χ3v) is 6.67. The van der Waals surface area contributed by atoms with E-state index in [1.54, 1.807) is 18.3 Å². The maximum atomic E-state index is 13.7. The molecular formula is C26H25F3N6O. The number of likely N-dealkylation sites (tertiary alicyclic amines) is 1. The Kier molecular flexibility index (Phi) is 6.21. The topological polar surface area (TPSA) is 86.8 Å². The number of nitrogens with one attached hydrogen (secondary N) is 2. The zero-order chi connectivity index (χ0) is 25.4. The summed E-state index contributed by atoms with van der Waals surface area (Å²) in [7, 11) is 0. The van der Waals surface area contributed by atoms with E-state index in [0.717, 1.165) is 17.3 Å². The van der Waals surface area contributed by atoms with Crippen LogP contribution >= 0.6 is 0 Å². The van der Waals surface area contributed by atoms with Crippen LogP contribution in [-0.4, -0.2) is 56.6 Å². The molecular weight excluding hydrogens is 469 g/mol. The summed E-state index contributed by atoms with van der Waals surface area (Å²) in [6, 6.07) is 10.5. The number of likely N-dealkylation sites (N-methyl/N-ethyl adjacent to an activating group) is 1. The quantitative estimate of drug-likeness (QED) is 0.425. The molecule has 4 heterocycles. The number of halogens is 3. The first kappa shape index (κ1) is 23.9. The fraction of sp³-hybridized carbons (Fsp3) is 0.308. The first-order chi connectivity index (χ1) is 17.2. The molecule has 5 rings (SSSR count). The Morgan fingerprint density at radius 2 is 1.97 bits per heavy atom. The molecule has 7 nitrogen and oxygen atoms in total. The molecule has 0 bridgehead atoms. The highest BCUT2D eigenvalue weighted by Gasteiger charge is 2.40. The minimum atomic E-state index is -4.47. The number of benzene rings is 1. The van der Waals surface area contributed by atoms with Crippen LogP contribution in [0.1, 0.15) is 40.0 Å². The van der Waals surface area contributed by atoms with Gasteiger partial charge < -0.3 is 10.2 Å². The van der Waals surface area contributed by atoms with Crippen LogP contribution in [0.15, 0.2) is 54.9 Å². The molecule has 1 fully saturated rings. The Balaban J connectivity index is 1.45. The number of amides is 1. The number of aromatic nitrogens is 4. The van der Waals surface area contributed by atoms with E-state index in [1.807, 2.05) is 30.9 Å². The summed E-state index contributed by atoms with van der Waals surface area (Å²) in [6.07, 6.45) is -1.33. The van der Waals surface area contributed by atoms with Crippen molar-refractivity contribution in [2.24, 2.45) is 0 Å². The summed E-state index contributed by atoms with van der Waals surface area (Å²) in [5.41, 5.74) is 2.70. The Morgan fingerprint density at radius 1 is 1.17 bits per heavy atom. The highest BCUT2D eigenvalue weighted by atomic mass is 19.4. The average molecular weight is 495 g/mol. The molecule has 2 atom stereocenters. The number of rotatable bonds is 5. The van der Waals surface area contributed by atoms with Gasteiger partial charge in [-0.1, -0.05) is 25.1 Å². The first-order valence-corrected chi connectivity index (χ1v) is 11.7. The molecule has 1 saturated heterocycles. The molecule has 36 heavy (non-hydrogen) atoms. The molecule has 0 saturated carbocycles. The van der Waals surface area contributed by atoms with Gasteiger partial charge in [0.25, 0.3) is 5.91 Å². The van der Waals surface area contributed by atoms with Gasteiger partial charge >= 0.3 is 6.18 Å². The van der Waals surface area contributed by atoms with Crippen LogP contribution in [0.3, 0.4) is 0 Å². The third-order valence-electron chi connectivity index (χ3n) is 6.67. The van der Waals surface area contributed by atoms with Crippen molar-refractivity contribution in [1.29, 1.82) is 0 Å². The smallest absolute Gasteiger partial charge is 0.347 e. The molecule has 186 valence electrons. The number of pyridine rings is 2. The van der Waals surface area contributed by atoms with E-state index in [9.17, 15) is 18.0 Å². The summed E-state index contributed by atoms with van der Waals surface area (Å²) in [6.45, 7) is 5.40. The highest BCUT2D eigenvalue weighted by molar-refractivity contribution is 6.00. The second kappa shape index (κ2) is 9.34. The summed E-state index contributed by atoms with van der Waals surface area (Å²) < 4.78 is 41.2. The maximum absolute atomic E-state index is 13.7. The van der Waals surface area contributed by atoms with Gasteiger partial charge in [-0.3, -0.25) is 14.9 Å². The lowest BCUT2D eigenvalue weighted by Gasteiger charge is -2.23. The molecule has 0 unspecified atom stereocenters. The minimum Gasteiger partial charge on any atom is -0.347 e. The van der Waals surface area contributed by atoms with Crippen molar-refractivity contribution >= 4 is 16.9 Å². The molecule has 1 aliphatic heterocycles. The summed E-state index contributed by atoms with van der Waals surface area (Å²) in [5, 5.41) is 10.9. The van der Waals surface area contributed by atoms with Crippen molar-refractivity contribution in [3.8, 4) is 11.3 Å². The highest BCUT2D eigenvalue weighted by Crippen LogP contribution is 2.38. The minimum absolute atomic E-state index is 0.199. The number of fused-ring (bicyclic) bond motifs is 1. The van der Waals surface area contributed by atoms with Gasteiger partial charge in [-0.05, 0) is 43.3 Å². The van der Waals surface area contributed by atoms with Gasteiger partial charge in [-0.2, -0.15) is 18.3 Å². The molecule has 4 aromatic rings. The summed E-state index contributed by atoms with van der Waals surface area (Å²) >= 11 is 0. The molecule has 2 N–H and O–H groups in total. The van der Waals surface area contributed by atoms with Crippen molar-refractivity contribution in [3.63, 3.8) is 0 Å². The largest absolute Gasteiger partial charge is 0.416 e. The van der Waals surface area contributed by atoms with Crippen LogP contribution < -0.4 is 5.32 Å². The van der Waals surface area contributed by atoms with E-state index in [-0.39, 0.29) is 11.5 Å². The van der Waals surface area contributed by atoms with E-state index in [1.165, 1.54) is 18.3 Å². The predicted octanol–water partition coefficient (Wildman–Crippen LogP) is 4.56. The van der Waals surface area contributed by atoms with Crippen molar-refractivity contribution in [3.05, 3.63) is 77.2 Å². The average Bonchev–Trinajstić information content (AvgIpc) is 3.47. The van der Waals surface area contributed by atoms with Crippen molar-refractivity contribution in [1.82, 2.24) is 30.4 Å². The van der Waals surface area contributed by atoms with Crippen molar-refractivity contribution < 1.29 is 18.0 Å². The van der Waals surface area contributed by atoms with Gasteiger partial charge in [0.15, 0.2) is 5.65 Å². The normalized spacial score (nSPS) is 18.6. The Labute approximate surface area is 205 Å². The number of carbonyl (C=O) groups is 1. The fourth-order valence-electron chi connectivity index (χ4n) is 4.88. The molecule has 0 spiro atoms. The van der Waals surface area contributed by atoms with E-state index in [0.29, 0.717) is 41.9 Å². The second-order valence-corrected chi connectivity index (χ2v) is 9.00. The van der Waals surface area contributed by atoms with Gasteiger partial charge in [0.1, 0.15) is 5.69 Å². The number of carbonyl (C=O) groups excluding carboxylic acids is 1. The number of aromatic amines is 1. The van der Waals surface area contributed by atoms with Crippen molar-refractivity contribution in [2.45, 2.75) is 32.0 Å². The van der Waals surface area contributed by atoms with Crippen LogP contribution in [0, 0.1) is 6.92 Å². The van der Waals surface area contributed by atoms with Gasteiger partial charge in [0.2, 0.25) is 0 Å². The molecule has 10 heteroatoms. The molecule has 1 amide bonds. The number of hydrogen-bond acceptors (Lipinski definition) is 5. The lowest BCUT2D eigenvalue weighted by atomic mass is 9.90.